The summed E-state index contributed by atoms with van der Waals surface area (Å²) >= 11 is 0. The maximum atomic E-state index is 12.9. The smallest absolute Gasteiger partial charge is 0.309 e. The Bertz CT molecular complexity index is 960. The van der Waals surface area contributed by atoms with Crippen molar-refractivity contribution in [1.82, 2.24) is 0 Å². The van der Waals surface area contributed by atoms with Crippen LogP contribution >= 0.6 is 0 Å². The summed E-state index contributed by atoms with van der Waals surface area (Å²) < 4.78 is 10.6. The second-order valence-corrected chi connectivity index (χ2v) is 15.0. The van der Waals surface area contributed by atoms with Gasteiger partial charge in [-0.3, -0.25) is 14.4 Å². The number of fused-ring (bicyclic) bond motifs is 5. The van der Waals surface area contributed by atoms with Gasteiger partial charge in [-0.2, -0.15) is 0 Å². The minimum absolute atomic E-state index is 0.0627. The Hall–Kier alpha value is -1.59. The van der Waals surface area contributed by atoms with Gasteiger partial charge in [0.15, 0.2) is 0 Å². The van der Waals surface area contributed by atoms with Crippen molar-refractivity contribution in [2.24, 2.45) is 63.1 Å². The lowest BCUT2D eigenvalue weighted by Gasteiger charge is -2.71. The van der Waals surface area contributed by atoms with Gasteiger partial charge in [-0.25, -0.2) is 0 Å². The first-order valence-corrected chi connectivity index (χ1v) is 15.6. The molecule has 0 amide bonds. The number of hydrogen-bond acceptors (Lipinski definition) is 5. The molecule has 4 aliphatic carbocycles. The zero-order valence-electron chi connectivity index (χ0n) is 25.8. The van der Waals surface area contributed by atoms with E-state index in [1.54, 1.807) is 0 Å². The lowest BCUT2D eigenvalue weighted by Crippen LogP contribution is -2.65. The molecule has 0 aliphatic heterocycles. The van der Waals surface area contributed by atoms with E-state index in [1.165, 1.54) is 14.0 Å². The lowest BCUT2D eigenvalue weighted by atomic mass is 9.33. The fourth-order valence-electron chi connectivity index (χ4n) is 11.3. The van der Waals surface area contributed by atoms with Crippen molar-refractivity contribution in [1.29, 1.82) is 0 Å². The van der Waals surface area contributed by atoms with E-state index in [4.69, 9.17) is 9.47 Å². The molecule has 4 aliphatic rings. The van der Waals surface area contributed by atoms with Crippen molar-refractivity contribution < 1.29 is 29.0 Å². The van der Waals surface area contributed by atoms with E-state index < -0.39 is 11.4 Å². The predicted octanol–water partition coefficient (Wildman–Crippen LogP) is 7.14. The minimum atomic E-state index is -0.563. The van der Waals surface area contributed by atoms with Crippen molar-refractivity contribution in [3.05, 3.63) is 0 Å². The van der Waals surface area contributed by atoms with E-state index in [9.17, 15) is 19.5 Å². The highest BCUT2D eigenvalue weighted by atomic mass is 16.5. The van der Waals surface area contributed by atoms with Gasteiger partial charge in [-0.1, -0.05) is 41.5 Å². The van der Waals surface area contributed by atoms with Crippen LogP contribution in [0.3, 0.4) is 0 Å². The normalized spacial score (nSPS) is 44.1. The Morgan fingerprint density at radius 1 is 0.923 bits per heavy atom. The summed E-state index contributed by atoms with van der Waals surface area (Å²) in [5.74, 6) is 1.63. The first kappa shape index (κ1) is 30.4. The number of carboxylic acids is 1. The van der Waals surface area contributed by atoms with E-state index in [-0.39, 0.29) is 40.0 Å². The number of methoxy groups -OCH3 is 1. The maximum absolute atomic E-state index is 12.9. The van der Waals surface area contributed by atoms with E-state index >= 15 is 0 Å². The van der Waals surface area contributed by atoms with Crippen LogP contribution < -0.4 is 0 Å². The fraction of sp³-hybridized carbons (Fsp3) is 0.909. The number of carbonyl (C=O) groups is 3. The summed E-state index contributed by atoms with van der Waals surface area (Å²) in [7, 11) is 1.46. The summed E-state index contributed by atoms with van der Waals surface area (Å²) in [6.07, 6.45) is 9.08. The number of hydrogen-bond donors (Lipinski definition) is 1. The van der Waals surface area contributed by atoms with Crippen molar-refractivity contribution in [2.45, 2.75) is 113 Å². The number of carboxylic acid groups (broad SMARTS) is 1. The summed E-state index contributed by atoms with van der Waals surface area (Å²) in [6.45, 7) is 16.1. The molecule has 0 saturated heterocycles. The first-order valence-electron chi connectivity index (χ1n) is 15.6. The molecule has 222 valence electrons. The van der Waals surface area contributed by atoms with Crippen molar-refractivity contribution in [2.75, 3.05) is 13.7 Å². The van der Waals surface area contributed by atoms with Gasteiger partial charge in [-0.15, -0.1) is 0 Å². The van der Waals surface area contributed by atoms with Crippen LogP contribution in [0, 0.1) is 63.1 Å². The Kier molecular flexibility index (Phi) is 8.31. The summed E-state index contributed by atoms with van der Waals surface area (Å²) in [6, 6.07) is 0. The first-order chi connectivity index (χ1) is 18.2. The monoisotopic (exact) mass is 546 g/mol. The maximum Gasteiger partial charge on any atom is 0.309 e. The Morgan fingerprint density at radius 2 is 1.62 bits per heavy atom. The van der Waals surface area contributed by atoms with Crippen LogP contribution in [0.2, 0.25) is 0 Å². The highest BCUT2D eigenvalue weighted by Gasteiger charge is 2.70. The quantitative estimate of drug-likeness (QED) is 0.325. The molecule has 6 heteroatoms. The largest absolute Gasteiger partial charge is 0.481 e. The van der Waals surface area contributed by atoms with Gasteiger partial charge in [0.05, 0.1) is 19.1 Å². The Balaban J connectivity index is 1.73. The Labute approximate surface area is 236 Å². The molecule has 0 heterocycles. The fourth-order valence-corrected chi connectivity index (χ4v) is 11.3. The van der Waals surface area contributed by atoms with E-state index in [0.717, 1.165) is 57.8 Å². The van der Waals surface area contributed by atoms with Crippen LogP contribution in [0.5, 0.6) is 0 Å². The molecule has 1 N–H and O–H groups in total. The van der Waals surface area contributed by atoms with Gasteiger partial charge >= 0.3 is 17.9 Å². The number of ether oxygens (including phenoxy) is 2. The molecule has 39 heavy (non-hydrogen) atoms. The molecule has 1 unspecified atom stereocenters. The molecule has 4 fully saturated rings. The molecule has 4 saturated carbocycles. The van der Waals surface area contributed by atoms with Crippen LogP contribution in [0.25, 0.3) is 0 Å². The van der Waals surface area contributed by atoms with Gasteiger partial charge < -0.3 is 14.6 Å². The highest BCUT2D eigenvalue weighted by molar-refractivity contribution is 5.76. The number of aliphatic carboxylic acids is 1. The molecule has 0 bridgehead atoms. The molecule has 0 aromatic heterocycles. The van der Waals surface area contributed by atoms with Gasteiger partial charge in [0.1, 0.15) is 0 Å². The molecular formula is C33H54O6. The zero-order valence-corrected chi connectivity index (χ0v) is 25.8. The van der Waals surface area contributed by atoms with Crippen LogP contribution in [0.15, 0.2) is 0 Å². The zero-order chi connectivity index (χ0) is 29.0. The van der Waals surface area contributed by atoms with Gasteiger partial charge in [0, 0.05) is 13.3 Å². The molecule has 6 nitrogen and oxygen atoms in total. The van der Waals surface area contributed by atoms with E-state index in [1.807, 2.05) is 0 Å². The Morgan fingerprint density at radius 3 is 2.21 bits per heavy atom. The van der Waals surface area contributed by atoms with E-state index in [2.05, 4.69) is 41.5 Å². The van der Waals surface area contributed by atoms with E-state index in [0.29, 0.717) is 42.6 Å². The average Bonchev–Trinajstić information content (AvgIpc) is 3.28. The third-order valence-corrected chi connectivity index (χ3v) is 13.4. The lowest BCUT2D eigenvalue weighted by molar-refractivity contribution is -0.229. The SMILES string of the molecule is COC(=O)CC[C@]1(C)[C@H]2CC[C@@H]3[C@H]4[C@H](C(C)C)CC[C@]4(C(=O)O)CC[C@@]3(C)[C@]2(C)CC[C@H]1C(C)COC(C)=O. The molecule has 0 radical (unpaired) electrons. The van der Waals surface area contributed by atoms with Gasteiger partial charge in [0.25, 0.3) is 0 Å². The van der Waals surface area contributed by atoms with Gasteiger partial charge in [0.2, 0.25) is 0 Å². The minimum Gasteiger partial charge on any atom is -0.481 e. The third-order valence-electron chi connectivity index (χ3n) is 13.4. The molecular weight excluding hydrogens is 492 g/mol. The average molecular weight is 547 g/mol. The molecule has 4 rings (SSSR count). The molecule has 10 atom stereocenters. The van der Waals surface area contributed by atoms with Crippen molar-refractivity contribution in [3.8, 4) is 0 Å². The summed E-state index contributed by atoms with van der Waals surface area (Å²) in [4.78, 5) is 36.9. The van der Waals surface area contributed by atoms with Crippen LogP contribution in [-0.4, -0.2) is 36.7 Å². The van der Waals surface area contributed by atoms with Crippen LogP contribution in [0.1, 0.15) is 113 Å². The standard InChI is InChI=1S/C33H54O6/c1-20(2)23-11-16-33(29(36)37)18-17-31(6)25(28(23)33)9-10-26-30(5,14-13-27(35)38-8)24(12-15-32(26,31)7)21(3)19-39-22(4)34/h20-21,23-26,28H,9-19H2,1-8H3,(H,36,37)/t21?,23-,24-,25+,26+,28+,30-,31+,32+,33-/m0/s1. The van der Waals surface area contributed by atoms with Gasteiger partial charge in [-0.05, 0) is 115 Å². The van der Waals surface area contributed by atoms with Crippen molar-refractivity contribution in [3.63, 3.8) is 0 Å². The predicted molar refractivity (Wildman–Crippen MR) is 151 cm³/mol. The topological polar surface area (TPSA) is 89.9 Å². The van der Waals surface area contributed by atoms with Crippen molar-refractivity contribution >= 4 is 17.9 Å². The number of esters is 2. The second kappa shape index (κ2) is 10.7. The summed E-state index contributed by atoms with van der Waals surface area (Å²) in [5.41, 5.74) is -0.531. The number of carbonyl (C=O) groups excluding carboxylic acids is 2. The third kappa shape index (κ3) is 4.64. The highest BCUT2D eigenvalue weighted by Crippen LogP contribution is 2.76. The molecule has 0 aromatic rings. The van der Waals surface area contributed by atoms with Crippen LogP contribution in [-0.2, 0) is 23.9 Å². The summed E-state index contributed by atoms with van der Waals surface area (Å²) in [5, 5.41) is 10.6. The second-order valence-electron chi connectivity index (χ2n) is 15.0. The molecule has 0 aromatic carbocycles. The number of rotatable bonds is 8. The van der Waals surface area contributed by atoms with Crippen LogP contribution in [0.4, 0.5) is 0 Å². The molecule has 0 spiro atoms.